The van der Waals surface area contributed by atoms with Crippen LogP contribution < -0.4 is 4.57 Å². The summed E-state index contributed by atoms with van der Waals surface area (Å²) in [5.41, 5.74) is 8.25. The van der Waals surface area contributed by atoms with E-state index in [-0.39, 0.29) is 0 Å². The van der Waals surface area contributed by atoms with Crippen LogP contribution in [-0.2, 0) is 13.5 Å². The zero-order valence-electron chi connectivity index (χ0n) is 19.2. The van der Waals surface area contributed by atoms with Crippen molar-refractivity contribution < 1.29 is 4.57 Å². The maximum atomic E-state index is 7.91. The van der Waals surface area contributed by atoms with E-state index in [4.69, 9.17) is 6.57 Å². The summed E-state index contributed by atoms with van der Waals surface area (Å²) in [5, 5.41) is 6.31. The van der Waals surface area contributed by atoms with Crippen molar-refractivity contribution >= 4 is 54.7 Å². The number of nitrogens with zero attached hydrogens (tertiary/aromatic N) is 3. The van der Waals surface area contributed by atoms with Crippen molar-refractivity contribution in [3.8, 4) is 0 Å². The zero-order chi connectivity index (χ0) is 22.3. The molecule has 0 aliphatic heterocycles. The second-order valence-electron chi connectivity index (χ2n) is 9.98. The SMILES string of the molecule is [C-]#[N+]c1cccc2c3ccc(C)c4c3n(c3cc(CC5CCCC5)cc5cc[n+](C)c4c53)c12. The van der Waals surface area contributed by atoms with Gasteiger partial charge in [-0.15, -0.1) is 0 Å². The van der Waals surface area contributed by atoms with Gasteiger partial charge in [-0.2, -0.15) is 0 Å². The molecule has 160 valence electrons. The number of benzene rings is 3. The van der Waals surface area contributed by atoms with Gasteiger partial charge in [0.05, 0.1) is 33.9 Å². The van der Waals surface area contributed by atoms with Gasteiger partial charge < -0.3 is 4.40 Å². The van der Waals surface area contributed by atoms with E-state index in [0.29, 0.717) is 0 Å². The summed E-state index contributed by atoms with van der Waals surface area (Å²) in [6.45, 7) is 10.1. The van der Waals surface area contributed by atoms with Gasteiger partial charge in [0, 0.05) is 11.5 Å². The summed E-state index contributed by atoms with van der Waals surface area (Å²) in [6.07, 6.45) is 8.80. The van der Waals surface area contributed by atoms with Gasteiger partial charge in [-0.3, -0.25) is 0 Å². The molecule has 1 fully saturated rings. The molecule has 1 aliphatic rings. The van der Waals surface area contributed by atoms with E-state index in [9.17, 15) is 0 Å². The molecule has 0 radical (unpaired) electrons. The summed E-state index contributed by atoms with van der Waals surface area (Å²) >= 11 is 0. The molecule has 3 aromatic heterocycles. The number of para-hydroxylation sites is 1. The third-order valence-electron chi connectivity index (χ3n) is 8.01. The summed E-state index contributed by atoms with van der Waals surface area (Å²) in [6, 6.07) is 17.8. The maximum Gasteiger partial charge on any atom is 0.224 e. The second kappa shape index (κ2) is 6.68. The fourth-order valence-corrected chi connectivity index (χ4v) is 6.55. The van der Waals surface area contributed by atoms with E-state index in [1.807, 2.05) is 12.1 Å². The Morgan fingerprint density at radius 3 is 2.64 bits per heavy atom. The molecule has 3 heteroatoms. The van der Waals surface area contributed by atoms with Crippen LogP contribution in [0.2, 0.25) is 0 Å². The van der Waals surface area contributed by atoms with Gasteiger partial charge in [0.25, 0.3) is 0 Å². The minimum Gasteiger partial charge on any atom is -0.317 e. The summed E-state index contributed by atoms with van der Waals surface area (Å²) in [4.78, 5) is 3.95. The molecule has 7 rings (SSSR count). The Morgan fingerprint density at radius 2 is 1.82 bits per heavy atom. The third kappa shape index (κ3) is 2.47. The standard InChI is InChI=1S/C30H26N3/c1-18-11-12-23-22-9-6-10-24(31-2)28(22)33-25-17-20(15-19-7-4-5-8-19)16-21-13-14-32(3)30(27(21)25)26(18)29(23)33/h6,9-14,16-17,19H,4-5,7-8,15H2,1,3H3/q+1. The van der Waals surface area contributed by atoms with E-state index in [2.05, 4.69) is 70.4 Å². The van der Waals surface area contributed by atoms with Crippen molar-refractivity contribution in [3.63, 3.8) is 0 Å². The Balaban J connectivity index is 1.76. The molecule has 0 N–H and O–H groups in total. The first-order valence-electron chi connectivity index (χ1n) is 12.1. The first-order valence-corrected chi connectivity index (χ1v) is 12.1. The highest BCUT2D eigenvalue weighted by Gasteiger charge is 2.25. The summed E-state index contributed by atoms with van der Waals surface area (Å²) in [7, 11) is 2.16. The first kappa shape index (κ1) is 18.9. The van der Waals surface area contributed by atoms with Gasteiger partial charge in [-0.25, -0.2) is 9.41 Å². The van der Waals surface area contributed by atoms with E-state index in [1.165, 1.54) is 80.3 Å². The van der Waals surface area contributed by atoms with E-state index in [1.54, 1.807) is 0 Å². The molecule has 3 heterocycles. The van der Waals surface area contributed by atoms with E-state index in [0.717, 1.165) is 23.5 Å². The number of hydrogen-bond donors (Lipinski definition) is 0. The van der Waals surface area contributed by atoms with Crippen molar-refractivity contribution in [2.75, 3.05) is 0 Å². The molecule has 0 spiro atoms. The highest BCUT2D eigenvalue weighted by atomic mass is 15.0. The molecule has 0 amide bonds. The lowest BCUT2D eigenvalue weighted by molar-refractivity contribution is -0.643. The molecule has 0 atom stereocenters. The van der Waals surface area contributed by atoms with Crippen LogP contribution in [0.1, 0.15) is 36.8 Å². The lowest BCUT2D eigenvalue weighted by Gasteiger charge is -2.16. The van der Waals surface area contributed by atoms with Gasteiger partial charge >= 0.3 is 0 Å². The molecular weight excluding hydrogens is 402 g/mol. The summed E-state index contributed by atoms with van der Waals surface area (Å²) in [5.74, 6) is 0.798. The monoisotopic (exact) mass is 428 g/mol. The third-order valence-corrected chi connectivity index (χ3v) is 8.01. The smallest absolute Gasteiger partial charge is 0.224 e. The molecule has 6 aromatic rings. The molecule has 0 saturated heterocycles. The van der Waals surface area contributed by atoms with Crippen LogP contribution >= 0.6 is 0 Å². The normalized spacial score (nSPS) is 15.1. The van der Waals surface area contributed by atoms with Crippen LogP contribution in [0.15, 0.2) is 54.7 Å². The zero-order valence-corrected chi connectivity index (χ0v) is 19.2. The van der Waals surface area contributed by atoms with Crippen LogP contribution in [0.25, 0.3) is 53.8 Å². The molecular formula is C30H26N3+. The number of rotatable bonds is 2. The van der Waals surface area contributed by atoms with Gasteiger partial charge in [-0.1, -0.05) is 62.1 Å². The first-order chi connectivity index (χ1) is 16.2. The van der Waals surface area contributed by atoms with Crippen LogP contribution in [-0.4, -0.2) is 4.40 Å². The molecule has 0 bridgehead atoms. The van der Waals surface area contributed by atoms with Crippen LogP contribution in [0, 0.1) is 19.4 Å². The average molecular weight is 429 g/mol. The molecule has 3 nitrogen and oxygen atoms in total. The second-order valence-corrected chi connectivity index (χ2v) is 9.98. The van der Waals surface area contributed by atoms with Gasteiger partial charge in [0.1, 0.15) is 7.05 Å². The van der Waals surface area contributed by atoms with Crippen molar-refractivity contribution in [3.05, 3.63) is 77.3 Å². The van der Waals surface area contributed by atoms with Crippen molar-refractivity contribution in [2.45, 2.75) is 39.0 Å². The largest absolute Gasteiger partial charge is 0.317 e. The fourth-order valence-electron chi connectivity index (χ4n) is 6.55. The number of fused-ring (bicyclic) bond motifs is 5. The van der Waals surface area contributed by atoms with Crippen molar-refractivity contribution in [1.82, 2.24) is 4.40 Å². The van der Waals surface area contributed by atoms with Crippen LogP contribution in [0.3, 0.4) is 0 Å². The van der Waals surface area contributed by atoms with Crippen molar-refractivity contribution in [2.24, 2.45) is 13.0 Å². The Bertz CT molecular complexity index is 1770. The lowest BCUT2D eigenvalue weighted by Crippen LogP contribution is -2.29. The number of pyridine rings is 2. The fraction of sp³-hybridized carbons (Fsp3) is 0.267. The van der Waals surface area contributed by atoms with Gasteiger partial charge in [0.15, 0.2) is 6.20 Å². The Labute approximate surface area is 193 Å². The quantitative estimate of drug-likeness (QED) is 0.118. The Kier molecular flexibility index (Phi) is 3.82. The number of hydrogen-bond acceptors (Lipinski definition) is 0. The average Bonchev–Trinajstić information content (AvgIpc) is 3.45. The summed E-state index contributed by atoms with van der Waals surface area (Å²) < 4.78 is 4.69. The molecule has 0 unspecified atom stereocenters. The van der Waals surface area contributed by atoms with Crippen molar-refractivity contribution in [1.29, 1.82) is 0 Å². The highest BCUT2D eigenvalue weighted by Crippen LogP contribution is 2.43. The topological polar surface area (TPSA) is 12.6 Å². The van der Waals surface area contributed by atoms with E-state index >= 15 is 0 Å². The van der Waals surface area contributed by atoms with Crippen LogP contribution in [0.5, 0.6) is 0 Å². The predicted octanol–water partition coefficient (Wildman–Crippen LogP) is 7.41. The number of aromatic nitrogens is 2. The van der Waals surface area contributed by atoms with Gasteiger partial charge in [-0.05, 0) is 47.2 Å². The Morgan fingerprint density at radius 1 is 1.00 bits per heavy atom. The predicted molar refractivity (Wildman–Crippen MR) is 136 cm³/mol. The maximum absolute atomic E-state index is 7.91. The number of aryl methyl sites for hydroxylation is 2. The molecule has 1 aliphatic carbocycles. The minimum atomic E-state index is 0.727. The Hall–Kier alpha value is -3.64. The molecule has 33 heavy (non-hydrogen) atoms. The lowest BCUT2D eigenvalue weighted by atomic mass is 9.94. The van der Waals surface area contributed by atoms with E-state index < -0.39 is 0 Å². The van der Waals surface area contributed by atoms with Crippen LogP contribution in [0.4, 0.5) is 5.69 Å². The molecule has 3 aromatic carbocycles. The highest BCUT2D eigenvalue weighted by molar-refractivity contribution is 6.27. The van der Waals surface area contributed by atoms with Gasteiger partial charge in [0.2, 0.25) is 11.2 Å². The molecule has 1 saturated carbocycles. The minimum absolute atomic E-state index is 0.727.